The Kier molecular flexibility index (Phi) is 11.8. The lowest BCUT2D eigenvalue weighted by atomic mass is 9.95. The topological polar surface area (TPSA) is 144 Å². The van der Waals surface area contributed by atoms with Crippen molar-refractivity contribution in [1.82, 2.24) is 9.97 Å². The number of benzene rings is 3. The molecule has 1 atom stereocenters. The van der Waals surface area contributed by atoms with Crippen molar-refractivity contribution in [2.45, 2.75) is 5.92 Å². The molecule has 0 aliphatic carbocycles. The molecule has 0 radical (unpaired) electrons. The molecule has 5 aromatic rings. The van der Waals surface area contributed by atoms with Crippen LogP contribution in [0.2, 0.25) is 0 Å². The zero-order chi connectivity index (χ0) is 34.9. The quantitative estimate of drug-likeness (QED) is 0.0817. The summed E-state index contributed by atoms with van der Waals surface area (Å²) >= 11 is 6.35. The monoisotopic (exact) mass is 702 g/mol. The van der Waals surface area contributed by atoms with Gasteiger partial charge in [0, 0.05) is 47.9 Å². The number of anilines is 2. The minimum atomic E-state index is -0.315. The van der Waals surface area contributed by atoms with E-state index in [0.717, 1.165) is 16.3 Å². The average molecular weight is 703 g/mol. The van der Waals surface area contributed by atoms with Crippen LogP contribution in [0.1, 0.15) is 32.3 Å². The lowest BCUT2D eigenvalue weighted by Crippen LogP contribution is -2.30. The summed E-state index contributed by atoms with van der Waals surface area (Å²) in [6.45, 7) is 4.19. The zero-order valence-corrected chi connectivity index (χ0v) is 28.4. The fourth-order valence-electron chi connectivity index (χ4n) is 5.90. The van der Waals surface area contributed by atoms with Crippen LogP contribution in [-0.4, -0.2) is 99.3 Å². The first kappa shape index (κ1) is 35.1. The first-order valence-corrected chi connectivity index (χ1v) is 16.9. The molecule has 0 unspecified atom stereocenters. The molecule has 3 N–H and O–H groups in total. The van der Waals surface area contributed by atoms with Gasteiger partial charge < -0.3 is 44.0 Å². The standard InChI is InChI=1S/C37H39ClN4O8/c1-46-10-11-47-12-13-48-14-15-49-16-17-50-28-8-6-24(7-9-28)36(44)40-27-18-25-19-31(41-35(25)39-22-27)37(45)42-23-26(21-38)34-30-5-3-2-4-29(30)33(43)20-32(34)42/h2-9,18-20,22,26,43H,10-17,21,23H2,1H3,(H,39,41)(H,40,44)/t26-/m1/s1. The smallest absolute Gasteiger partial charge is 0.274 e. The number of nitrogens with zero attached hydrogens (tertiary/aromatic N) is 2. The number of aromatic nitrogens is 2. The predicted octanol–water partition coefficient (Wildman–Crippen LogP) is 5.73. The molecule has 3 aromatic carbocycles. The molecule has 6 rings (SSSR count). The average Bonchev–Trinajstić information content (AvgIpc) is 3.73. The number of nitrogens with one attached hydrogen (secondary N) is 2. The molecule has 0 spiro atoms. The number of methoxy groups -OCH3 is 1. The summed E-state index contributed by atoms with van der Waals surface area (Å²) in [7, 11) is 1.63. The number of phenols is 1. The third-order valence-corrected chi connectivity index (χ3v) is 8.70. The summed E-state index contributed by atoms with van der Waals surface area (Å²) in [5.74, 6) is 0.382. The Morgan fingerprint density at radius 3 is 2.30 bits per heavy atom. The number of hydrogen-bond acceptors (Lipinski definition) is 9. The number of ether oxygens (including phenoxy) is 5. The summed E-state index contributed by atoms with van der Waals surface area (Å²) in [5.41, 5.74) is 3.34. The van der Waals surface area contributed by atoms with Gasteiger partial charge in [-0.15, -0.1) is 11.6 Å². The Labute approximate surface area is 294 Å². The van der Waals surface area contributed by atoms with Gasteiger partial charge in [-0.05, 0) is 47.3 Å². The number of halogens is 1. The van der Waals surface area contributed by atoms with Gasteiger partial charge in [0.05, 0.1) is 63.8 Å². The number of H-pyrrole nitrogens is 1. The third kappa shape index (κ3) is 8.18. The molecule has 0 saturated heterocycles. The second-order valence-electron chi connectivity index (χ2n) is 11.6. The minimum Gasteiger partial charge on any atom is -0.507 e. The normalized spacial score (nSPS) is 14.0. The van der Waals surface area contributed by atoms with E-state index >= 15 is 0 Å². The van der Waals surface area contributed by atoms with E-state index in [9.17, 15) is 14.7 Å². The van der Waals surface area contributed by atoms with Crippen LogP contribution in [0.25, 0.3) is 21.8 Å². The van der Waals surface area contributed by atoms with Crippen LogP contribution in [0.3, 0.4) is 0 Å². The van der Waals surface area contributed by atoms with Gasteiger partial charge in [-0.3, -0.25) is 9.59 Å². The Hall–Kier alpha value is -4.72. The lowest BCUT2D eigenvalue weighted by Gasteiger charge is -2.17. The number of carbonyl (C=O) groups is 2. The molecular weight excluding hydrogens is 664 g/mol. The first-order valence-electron chi connectivity index (χ1n) is 16.3. The molecular formula is C37H39ClN4O8. The predicted molar refractivity (Wildman–Crippen MR) is 191 cm³/mol. The van der Waals surface area contributed by atoms with Crippen LogP contribution >= 0.6 is 11.6 Å². The van der Waals surface area contributed by atoms with E-state index < -0.39 is 0 Å². The number of aromatic amines is 1. The van der Waals surface area contributed by atoms with Crippen LogP contribution in [0.5, 0.6) is 11.5 Å². The van der Waals surface area contributed by atoms with E-state index in [4.69, 9.17) is 35.3 Å². The van der Waals surface area contributed by atoms with Gasteiger partial charge in [0.1, 0.15) is 29.4 Å². The summed E-state index contributed by atoms with van der Waals surface area (Å²) in [6.07, 6.45) is 1.53. The van der Waals surface area contributed by atoms with E-state index in [0.29, 0.717) is 105 Å². The van der Waals surface area contributed by atoms with Crippen molar-refractivity contribution in [1.29, 1.82) is 0 Å². The number of amides is 2. The van der Waals surface area contributed by atoms with E-state index in [1.165, 1.54) is 6.20 Å². The number of hydrogen-bond donors (Lipinski definition) is 3. The highest BCUT2D eigenvalue weighted by Gasteiger charge is 2.35. The maximum Gasteiger partial charge on any atom is 0.274 e. The highest BCUT2D eigenvalue weighted by Crippen LogP contribution is 2.45. The van der Waals surface area contributed by atoms with Gasteiger partial charge in [-0.2, -0.15) is 0 Å². The Morgan fingerprint density at radius 2 is 1.60 bits per heavy atom. The largest absolute Gasteiger partial charge is 0.507 e. The summed E-state index contributed by atoms with van der Waals surface area (Å²) in [6, 6.07) is 19.5. The van der Waals surface area contributed by atoms with Crippen LogP contribution < -0.4 is 15.0 Å². The number of carbonyl (C=O) groups excluding carboxylic acids is 2. The van der Waals surface area contributed by atoms with Crippen LogP contribution in [0, 0.1) is 0 Å². The number of fused-ring (bicyclic) bond motifs is 4. The van der Waals surface area contributed by atoms with Crippen molar-refractivity contribution >= 4 is 56.6 Å². The second-order valence-corrected chi connectivity index (χ2v) is 12.0. The molecule has 1 aliphatic heterocycles. The van der Waals surface area contributed by atoms with Crippen LogP contribution in [-0.2, 0) is 18.9 Å². The third-order valence-electron chi connectivity index (χ3n) is 8.32. The maximum atomic E-state index is 13.8. The minimum absolute atomic E-state index is 0.0845. The van der Waals surface area contributed by atoms with Crippen molar-refractivity contribution in [2.75, 3.05) is 82.6 Å². The number of phenolic OH excluding ortho intramolecular Hbond substituents is 1. The van der Waals surface area contributed by atoms with Gasteiger partial charge in [0.25, 0.3) is 11.8 Å². The maximum absolute atomic E-state index is 13.8. The van der Waals surface area contributed by atoms with Gasteiger partial charge in [0.15, 0.2) is 0 Å². The van der Waals surface area contributed by atoms with Crippen molar-refractivity contribution in [3.05, 3.63) is 89.7 Å². The van der Waals surface area contributed by atoms with E-state index in [1.54, 1.807) is 54.5 Å². The van der Waals surface area contributed by atoms with Gasteiger partial charge in [-0.25, -0.2) is 4.98 Å². The van der Waals surface area contributed by atoms with E-state index in [1.807, 2.05) is 24.3 Å². The van der Waals surface area contributed by atoms with Gasteiger partial charge in [-0.1, -0.05) is 24.3 Å². The summed E-state index contributed by atoms with van der Waals surface area (Å²) < 4.78 is 26.9. The second kappa shape index (κ2) is 16.8. The number of aromatic hydroxyl groups is 1. The molecule has 50 heavy (non-hydrogen) atoms. The zero-order valence-electron chi connectivity index (χ0n) is 27.7. The number of rotatable bonds is 17. The summed E-state index contributed by atoms with van der Waals surface area (Å²) in [4.78, 5) is 36.0. The molecule has 13 heteroatoms. The Balaban J connectivity index is 1.00. The first-order chi connectivity index (χ1) is 24.5. The van der Waals surface area contributed by atoms with E-state index in [2.05, 4.69) is 15.3 Å². The molecule has 2 amide bonds. The molecule has 0 saturated carbocycles. The van der Waals surface area contributed by atoms with E-state index in [-0.39, 0.29) is 23.5 Å². The summed E-state index contributed by atoms with van der Waals surface area (Å²) in [5, 5.41) is 15.9. The number of alkyl halides is 1. The van der Waals surface area contributed by atoms with Crippen LogP contribution in [0.4, 0.5) is 11.4 Å². The Morgan fingerprint density at radius 1 is 0.920 bits per heavy atom. The molecule has 0 fully saturated rings. The highest BCUT2D eigenvalue weighted by atomic mass is 35.5. The molecule has 262 valence electrons. The fraction of sp³-hybridized carbons (Fsp3) is 0.324. The lowest BCUT2D eigenvalue weighted by molar-refractivity contribution is 0.000164. The molecule has 0 bridgehead atoms. The van der Waals surface area contributed by atoms with Crippen molar-refractivity contribution in [2.24, 2.45) is 0 Å². The van der Waals surface area contributed by atoms with Crippen molar-refractivity contribution < 1.29 is 38.4 Å². The Bertz CT molecular complexity index is 1930. The fourth-order valence-corrected chi connectivity index (χ4v) is 6.15. The van der Waals surface area contributed by atoms with Gasteiger partial charge in [0.2, 0.25) is 0 Å². The van der Waals surface area contributed by atoms with Crippen molar-refractivity contribution in [3.63, 3.8) is 0 Å². The SMILES string of the molecule is COCCOCCOCCOCCOc1ccc(C(=O)Nc2cnc3[nH]c(C(=O)N4C[C@@H](CCl)c5c4cc(O)c4ccccc54)cc3c2)cc1. The number of pyridine rings is 1. The molecule has 3 heterocycles. The molecule has 1 aliphatic rings. The van der Waals surface area contributed by atoms with Crippen molar-refractivity contribution in [3.8, 4) is 11.5 Å². The van der Waals surface area contributed by atoms with Gasteiger partial charge >= 0.3 is 0 Å². The highest BCUT2D eigenvalue weighted by molar-refractivity contribution is 6.19. The molecule has 2 aromatic heterocycles. The molecule has 12 nitrogen and oxygen atoms in total. The van der Waals surface area contributed by atoms with Crippen LogP contribution in [0.15, 0.2) is 72.9 Å².